The zero-order valence-corrected chi connectivity index (χ0v) is 18.1. The highest BCUT2D eigenvalue weighted by molar-refractivity contribution is 6.30. The summed E-state index contributed by atoms with van der Waals surface area (Å²) in [4.78, 5) is 24.6. The topological polar surface area (TPSA) is 96.9 Å². The molecule has 166 valence electrons. The number of hydrogen-bond donors (Lipinski definition) is 3. The maximum atomic E-state index is 13.5. The van der Waals surface area contributed by atoms with Gasteiger partial charge in [-0.1, -0.05) is 11.6 Å². The zero-order valence-electron chi connectivity index (χ0n) is 17.4. The summed E-state index contributed by atoms with van der Waals surface area (Å²) in [5.41, 5.74) is -1.92. The monoisotopic (exact) mass is 442 g/mol. The molecule has 4 rings (SSSR count). The molecule has 3 saturated carbocycles. The number of benzene rings is 1. The maximum Gasteiger partial charge on any atom is 0.408 e. The average molecular weight is 443 g/mol. The van der Waals surface area contributed by atoms with E-state index in [0.717, 1.165) is 6.07 Å². The fourth-order valence-corrected chi connectivity index (χ4v) is 4.33. The Balaban J connectivity index is 1.55. The highest BCUT2D eigenvalue weighted by Gasteiger charge is 2.55. The van der Waals surface area contributed by atoms with Gasteiger partial charge in [0.25, 0.3) is 5.91 Å². The summed E-state index contributed by atoms with van der Waals surface area (Å²) in [5.74, 6) is -0.769. The standard InChI is InChI=1S/C21H28ClFN2O5/c1-19(2,3)30-18(28)25-21-8-6-20(7-9-21,11-16(21)26)24-17(27)12-29-13-4-5-14(22)15(23)10-13/h4-5,10,16,26H,6-9,11-12H2,1-3H3,(H,24,27)(H,25,28)/t16-,20?,21?/m0/s1. The maximum absolute atomic E-state index is 13.5. The predicted octanol–water partition coefficient (Wildman–Crippen LogP) is 3.32. The van der Waals surface area contributed by atoms with Gasteiger partial charge in [-0.3, -0.25) is 4.79 Å². The number of nitrogens with one attached hydrogen (secondary N) is 2. The summed E-state index contributed by atoms with van der Waals surface area (Å²) in [7, 11) is 0. The molecule has 0 aliphatic heterocycles. The summed E-state index contributed by atoms with van der Waals surface area (Å²) in [6.07, 6.45) is 1.24. The molecule has 0 saturated heterocycles. The van der Waals surface area contributed by atoms with Gasteiger partial charge in [-0.25, -0.2) is 9.18 Å². The van der Waals surface area contributed by atoms with Gasteiger partial charge in [0.05, 0.1) is 16.7 Å². The van der Waals surface area contributed by atoms with Crippen molar-refractivity contribution in [2.45, 2.75) is 75.7 Å². The Morgan fingerprint density at radius 1 is 1.23 bits per heavy atom. The van der Waals surface area contributed by atoms with Crippen molar-refractivity contribution < 1.29 is 28.6 Å². The lowest BCUT2D eigenvalue weighted by molar-refractivity contribution is -0.129. The number of hydrogen-bond acceptors (Lipinski definition) is 5. The molecule has 3 fully saturated rings. The smallest absolute Gasteiger partial charge is 0.408 e. The minimum atomic E-state index is -0.806. The molecule has 0 radical (unpaired) electrons. The predicted molar refractivity (Wildman–Crippen MR) is 109 cm³/mol. The third-order valence-electron chi connectivity index (χ3n) is 5.74. The summed E-state index contributed by atoms with van der Waals surface area (Å²) in [5, 5.41) is 16.5. The first-order chi connectivity index (χ1) is 13.9. The van der Waals surface area contributed by atoms with E-state index in [4.69, 9.17) is 21.1 Å². The molecule has 0 unspecified atom stereocenters. The third kappa shape index (κ3) is 5.16. The summed E-state index contributed by atoms with van der Waals surface area (Å²) in [6.45, 7) is 5.07. The number of alkyl carbamates (subject to hydrolysis) is 1. The van der Waals surface area contributed by atoms with E-state index in [1.165, 1.54) is 12.1 Å². The van der Waals surface area contributed by atoms with E-state index >= 15 is 0 Å². The van der Waals surface area contributed by atoms with Crippen molar-refractivity contribution in [2.24, 2.45) is 0 Å². The number of carbonyl (C=O) groups is 2. The van der Waals surface area contributed by atoms with E-state index in [9.17, 15) is 19.1 Å². The molecule has 7 nitrogen and oxygen atoms in total. The number of aliphatic hydroxyl groups is 1. The van der Waals surface area contributed by atoms with Crippen LogP contribution in [0.1, 0.15) is 52.9 Å². The Bertz CT molecular complexity index is 818. The quantitative estimate of drug-likeness (QED) is 0.650. The number of aliphatic hydroxyl groups excluding tert-OH is 1. The first-order valence-electron chi connectivity index (χ1n) is 10.0. The van der Waals surface area contributed by atoms with Crippen molar-refractivity contribution in [1.82, 2.24) is 10.6 Å². The van der Waals surface area contributed by atoms with Gasteiger partial charge in [0.1, 0.15) is 17.2 Å². The second-order valence-corrected chi connectivity index (χ2v) is 9.60. The Labute approximate surface area is 180 Å². The SMILES string of the molecule is CC(C)(C)OC(=O)NC12CCC(NC(=O)COc3ccc(Cl)c(F)c3)(CC1)C[C@@H]2O. The zero-order chi connectivity index (χ0) is 22.2. The number of carbonyl (C=O) groups excluding carboxylic acids is 2. The van der Waals surface area contributed by atoms with Crippen LogP contribution in [-0.4, -0.2) is 46.5 Å². The summed E-state index contributed by atoms with van der Waals surface area (Å²) >= 11 is 5.63. The van der Waals surface area contributed by atoms with Gasteiger partial charge >= 0.3 is 6.09 Å². The Hall–Kier alpha value is -2.06. The van der Waals surface area contributed by atoms with Gasteiger partial charge in [-0.15, -0.1) is 0 Å². The van der Waals surface area contributed by atoms with Gasteiger partial charge in [-0.2, -0.15) is 0 Å². The molecule has 3 aliphatic rings. The van der Waals surface area contributed by atoms with Crippen LogP contribution in [0.2, 0.25) is 5.02 Å². The average Bonchev–Trinajstić information content (AvgIpc) is 2.62. The first-order valence-corrected chi connectivity index (χ1v) is 10.4. The van der Waals surface area contributed by atoms with Crippen molar-refractivity contribution in [1.29, 1.82) is 0 Å². The molecule has 2 amide bonds. The van der Waals surface area contributed by atoms with E-state index in [1.807, 2.05) is 0 Å². The van der Waals surface area contributed by atoms with Crippen LogP contribution in [0.5, 0.6) is 5.75 Å². The molecule has 3 N–H and O–H groups in total. The molecule has 1 aromatic rings. The molecular formula is C21H28ClFN2O5. The van der Waals surface area contributed by atoms with Crippen molar-refractivity contribution in [3.05, 3.63) is 29.0 Å². The van der Waals surface area contributed by atoms with Crippen LogP contribution >= 0.6 is 11.6 Å². The number of rotatable bonds is 5. The number of amides is 2. The van der Waals surface area contributed by atoms with Crippen molar-refractivity contribution >= 4 is 23.6 Å². The lowest BCUT2D eigenvalue weighted by Gasteiger charge is -2.56. The molecule has 0 aromatic heterocycles. The highest BCUT2D eigenvalue weighted by Crippen LogP contribution is 2.47. The molecule has 0 spiro atoms. The van der Waals surface area contributed by atoms with Crippen molar-refractivity contribution in [2.75, 3.05) is 6.61 Å². The minimum Gasteiger partial charge on any atom is -0.484 e. The van der Waals surface area contributed by atoms with Crippen molar-refractivity contribution in [3.63, 3.8) is 0 Å². The first kappa shape index (κ1) is 22.6. The molecule has 1 aromatic carbocycles. The molecule has 9 heteroatoms. The third-order valence-corrected chi connectivity index (χ3v) is 6.04. The minimum absolute atomic E-state index is 0.0208. The van der Waals surface area contributed by atoms with Gasteiger partial charge in [0, 0.05) is 11.6 Å². The van der Waals surface area contributed by atoms with Crippen LogP contribution in [0.4, 0.5) is 9.18 Å². The fraction of sp³-hybridized carbons (Fsp3) is 0.619. The van der Waals surface area contributed by atoms with Gasteiger partial charge in [0.15, 0.2) is 6.61 Å². The number of ether oxygens (including phenoxy) is 2. The number of fused-ring (bicyclic) bond motifs is 3. The summed E-state index contributed by atoms with van der Waals surface area (Å²) < 4.78 is 24.2. The molecular weight excluding hydrogens is 415 g/mol. The van der Waals surface area contributed by atoms with Crippen LogP contribution in [0, 0.1) is 5.82 Å². The fourth-order valence-electron chi connectivity index (χ4n) is 4.22. The van der Waals surface area contributed by atoms with Gasteiger partial charge in [-0.05, 0) is 65.0 Å². The Morgan fingerprint density at radius 3 is 2.47 bits per heavy atom. The van der Waals surface area contributed by atoms with E-state index < -0.39 is 34.7 Å². The largest absolute Gasteiger partial charge is 0.484 e. The lowest BCUT2D eigenvalue weighted by atomic mass is 9.60. The van der Waals surface area contributed by atoms with E-state index in [1.54, 1.807) is 20.8 Å². The second-order valence-electron chi connectivity index (χ2n) is 9.20. The second kappa shape index (κ2) is 8.23. The molecule has 2 bridgehead atoms. The lowest BCUT2D eigenvalue weighted by Crippen LogP contribution is -2.70. The number of halogens is 2. The van der Waals surface area contributed by atoms with Gasteiger partial charge < -0.3 is 25.2 Å². The molecule has 3 aliphatic carbocycles. The summed E-state index contributed by atoms with van der Waals surface area (Å²) in [6, 6.07) is 3.97. The van der Waals surface area contributed by atoms with E-state index in [2.05, 4.69) is 10.6 Å². The van der Waals surface area contributed by atoms with Crippen LogP contribution in [0.3, 0.4) is 0 Å². The normalized spacial score (nSPS) is 28.0. The molecule has 30 heavy (non-hydrogen) atoms. The van der Waals surface area contributed by atoms with Crippen LogP contribution < -0.4 is 15.4 Å². The van der Waals surface area contributed by atoms with E-state index in [0.29, 0.717) is 32.1 Å². The van der Waals surface area contributed by atoms with E-state index in [-0.39, 0.29) is 23.3 Å². The van der Waals surface area contributed by atoms with Crippen LogP contribution in [0.25, 0.3) is 0 Å². The molecule has 0 heterocycles. The Kier molecular flexibility index (Phi) is 6.20. The van der Waals surface area contributed by atoms with Gasteiger partial charge in [0.2, 0.25) is 0 Å². The molecule has 1 atom stereocenters. The highest BCUT2D eigenvalue weighted by atomic mass is 35.5. The van der Waals surface area contributed by atoms with Crippen LogP contribution in [0.15, 0.2) is 18.2 Å². The van der Waals surface area contributed by atoms with Crippen molar-refractivity contribution in [3.8, 4) is 5.75 Å². The van der Waals surface area contributed by atoms with Crippen LogP contribution in [-0.2, 0) is 9.53 Å². The Morgan fingerprint density at radius 2 is 1.90 bits per heavy atom.